The molecule has 0 unspecified atom stereocenters. The number of phosphoric ester groups is 1. The number of unbranched alkanes of at least 4 members (excludes halogenated alkanes) is 3. The molecule has 7 heteroatoms. The van der Waals surface area contributed by atoms with E-state index in [0.29, 0.717) is 6.42 Å². The van der Waals surface area contributed by atoms with E-state index >= 15 is 0 Å². The quantitative estimate of drug-likeness (QED) is 0.271. The van der Waals surface area contributed by atoms with E-state index in [1.54, 1.807) is 0 Å². The van der Waals surface area contributed by atoms with Gasteiger partial charge in [-0.25, -0.2) is 0 Å². The first-order chi connectivity index (χ1) is 5.06. The van der Waals surface area contributed by atoms with Gasteiger partial charge in [-0.3, -0.25) is 0 Å². The molecule has 68 valence electrons. The molecule has 0 rings (SSSR count). The Morgan fingerprint density at radius 3 is 2.08 bits per heavy atom. The minimum absolute atomic E-state index is 0. The third-order valence-corrected chi connectivity index (χ3v) is 1.75. The van der Waals surface area contributed by atoms with E-state index in [1.165, 1.54) is 0 Å². The molecule has 13 heavy (non-hydrogen) atoms. The van der Waals surface area contributed by atoms with E-state index in [2.05, 4.69) is 4.52 Å². The van der Waals surface area contributed by atoms with Crippen molar-refractivity contribution in [3.05, 3.63) is 0 Å². The molecule has 0 N–H and O–H groups in total. The average molecular weight is 258 g/mol. The van der Waals surface area contributed by atoms with Gasteiger partial charge < -0.3 is 18.9 Å². The van der Waals surface area contributed by atoms with Crippen LogP contribution in [0.15, 0.2) is 0 Å². The second kappa shape index (κ2) is 13.4. The molecule has 0 fully saturated rings. The van der Waals surface area contributed by atoms with Gasteiger partial charge in [0, 0.05) is 0 Å². The Balaban J connectivity index is -0.000000500. The number of rotatable bonds is 6. The van der Waals surface area contributed by atoms with Crippen LogP contribution >= 0.6 is 7.82 Å². The third kappa shape index (κ3) is 21.3. The monoisotopic (exact) mass is 258 g/mol. The van der Waals surface area contributed by atoms with Crippen molar-refractivity contribution in [2.24, 2.45) is 0 Å². The zero-order valence-corrected chi connectivity index (χ0v) is 15.8. The molecule has 0 aromatic carbocycles. The van der Waals surface area contributed by atoms with Gasteiger partial charge in [0.1, 0.15) is 0 Å². The van der Waals surface area contributed by atoms with Crippen LogP contribution in [0, 0.1) is 0 Å². The van der Waals surface area contributed by atoms with Crippen molar-refractivity contribution in [1.82, 2.24) is 0 Å². The number of hydrogen-bond acceptors (Lipinski definition) is 4. The van der Waals surface area contributed by atoms with Crippen LogP contribution in [0.2, 0.25) is 0 Å². The summed E-state index contributed by atoms with van der Waals surface area (Å²) in [5.74, 6) is 0. The van der Waals surface area contributed by atoms with Gasteiger partial charge >= 0.3 is 103 Å². The van der Waals surface area contributed by atoms with E-state index in [4.69, 9.17) is 0 Å². The van der Waals surface area contributed by atoms with Crippen molar-refractivity contribution in [3.63, 3.8) is 0 Å². The molecule has 0 aromatic heterocycles. The summed E-state index contributed by atoms with van der Waals surface area (Å²) >= 11 is 0. The molecule has 0 aliphatic heterocycles. The van der Waals surface area contributed by atoms with Crippen LogP contribution in [0.25, 0.3) is 0 Å². The zero-order valence-electron chi connectivity index (χ0n) is 8.62. The zero-order chi connectivity index (χ0) is 8.74. The maximum Gasteiger partial charge on any atom is 1.00 e. The van der Waals surface area contributed by atoms with Crippen LogP contribution < -0.4 is 113 Å². The molecule has 0 spiro atoms. The minimum atomic E-state index is -4.71. The normalized spacial score (nSPS) is 10.1. The molecule has 0 amide bonds. The topological polar surface area (TPSA) is 72.4 Å². The Hall–Kier alpha value is 3.38. The van der Waals surface area contributed by atoms with Crippen LogP contribution in [0.1, 0.15) is 32.6 Å². The smallest absolute Gasteiger partial charge is 0.790 e. The first-order valence-corrected chi connectivity index (χ1v) is 5.19. The predicted molar refractivity (Wildman–Crippen MR) is 37.7 cm³/mol. The number of hydrogen-bond donors (Lipinski definition) is 0. The summed E-state index contributed by atoms with van der Waals surface area (Å²) in [6.07, 6.45) is 3.68. The fourth-order valence-electron chi connectivity index (χ4n) is 0.705. The van der Waals surface area contributed by atoms with E-state index in [9.17, 15) is 14.4 Å². The minimum Gasteiger partial charge on any atom is -0.790 e. The van der Waals surface area contributed by atoms with Gasteiger partial charge in [-0.15, -0.1) is 0 Å². The summed E-state index contributed by atoms with van der Waals surface area (Å²) in [6.45, 7) is 2.08. The SMILES string of the molecule is CCCCCCOP(=O)([O-])[O-].[K+].[K+]. The summed E-state index contributed by atoms with van der Waals surface area (Å²) in [5, 5.41) is 0. The largest absolute Gasteiger partial charge is 1.00 e. The summed E-state index contributed by atoms with van der Waals surface area (Å²) < 4.78 is 13.9. The molecule has 0 saturated heterocycles. The fourth-order valence-corrected chi connectivity index (χ4v) is 1.06. The second-order valence-corrected chi connectivity index (χ2v) is 3.49. The van der Waals surface area contributed by atoms with E-state index in [0.717, 1.165) is 19.3 Å². The van der Waals surface area contributed by atoms with Gasteiger partial charge in [0.15, 0.2) is 0 Å². The van der Waals surface area contributed by atoms with E-state index < -0.39 is 7.82 Å². The first kappa shape index (κ1) is 21.6. The van der Waals surface area contributed by atoms with Gasteiger partial charge in [0.2, 0.25) is 0 Å². The first-order valence-electron chi connectivity index (χ1n) is 3.73. The van der Waals surface area contributed by atoms with Gasteiger partial charge in [0.05, 0.1) is 14.4 Å². The molecule has 0 aliphatic carbocycles. The summed E-state index contributed by atoms with van der Waals surface area (Å²) in [5.41, 5.74) is 0. The van der Waals surface area contributed by atoms with Gasteiger partial charge in [-0.2, -0.15) is 0 Å². The molecule has 0 heterocycles. The van der Waals surface area contributed by atoms with Crippen molar-refractivity contribution in [2.75, 3.05) is 6.61 Å². The second-order valence-electron chi connectivity index (χ2n) is 2.34. The summed E-state index contributed by atoms with van der Waals surface area (Å²) in [6, 6.07) is 0. The Morgan fingerprint density at radius 1 is 1.15 bits per heavy atom. The van der Waals surface area contributed by atoms with Gasteiger partial charge in [-0.05, 0) is 6.42 Å². The summed E-state index contributed by atoms with van der Waals surface area (Å²) in [4.78, 5) is 19.8. The van der Waals surface area contributed by atoms with E-state index in [-0.39, 0.29) is 109 Å². The molecule has 0 bridgehead atoms. The van der Waals surface area contributed by atoms with Gasteiger partial charge in [-0.1, -0.05) is 26.2 Å². The molecular formula is C6H13K2O4P. The number of phosphoric acid groups is 1. The van der Waals surface area contributed by atoms with Crippen LogP contribution in [0.4, 0.5) is 0 Å². The molecule has 0 aliphatic rings. The van der Waals surface area contributed by atoms with Crippen molar-refractivity contribution in [2.45, 2.75) is 32.6 Å². The van der Waals surface area contributed by atoms with Crippen molar-refractivity contribution in [3.8, 4) is 0 Å². The summed E-state index contributed by atoms with van der Waals surface area (Å²) in [7, 11) is -4.71. The Labute approximate surface area is 165 Å². The van der Waals surface area contributed by atoms with Crippen molar-refractivity contribution < 1.29 is 122 Å². The van der Waals surface area contributed by atoms with Crippen LogP contribution in [0.5, 0.6) is 0 Å². The van der Waals surface area contributed by atoms with Crippen molar-refractivity contribution in [1.29, 1.82) is 0 Å². The molecule has 0 aromatic rings. The molecule has 0 atom stereocenters. The maximum atomic E-state index is 9.91. The Kier molecular flexibility index (Phi) is 22.4. The van der Waals surface area contributed by atoms with Crippen LogP contribution in [0.3, 0.4) is 0 Å². The average Bonchev–Trinajstić information content (AvgIpc) is 1.85. The molecular weight excluding hydrogens is 245 g/mol. The van der Waals surface area contributed by atoms with E-state index in [1.807, 2.05) is 6.92 Å². The van der Waals surface area contributed by atoms with Crippen molar-refractivity contribution >= 4 is 7.82 Å². The molecule has 0 saturated carbocycles. The Bertz CT molecular complexity index is 139. The Morgan fingerprint density at radius 2 is 1.69 bits per heavy atom. The molecule has 0 radical (unpaired) electrons. The van der Waals surface area contributed by atoms with Crippen LogP contribution in [-0.2, 0) is 9.09 Å². The van der Waals surface area contributed by atoms with Crippen LogP contribution in [-0.4, -0.2) is 6.61 Å². The standard InChI is InChI=1S/C6H15O4P.2K/c1-2-3-4-5-6-10-11(7,8)9;;/h2-6H2,1H3,(H2,7,8,9);;/q;2*+1/p-2. The third-order valence-electron chi connectivity index (χ3n) is 1.25. The molecule has 4 nitrogen and oxygen atoms in total. The predicted octanol–water partition coefficient (Wildman–Crippen LogP) is -5.58. The fraction of sp³-hybridized carbons (Fsp3) is 1.00. The maximum absolute atomic E-state index is 9.91. The van der Waals surface area contributed by atoms with Gasteiger partial charge in [0.25, 0.3) is 0 Å².